The number of hydrogen-bond acceptors (Lipinski definition) is 3. The molecular formula is C27H23BrN2O3. The summed E-state index contributed by atoms with van der Waals surface area (Å²) in [6, 6.07) is 19.5. The van der Waals surface area contributed by atoms with E-state index in [2.05, 4.69) is 21.2 Å². The molecule has 2 unspecified atom stereocenters. The number of hydrogen-bond donors (Lipinski definition) is 1. The molecule has 1 aliphatic carbocycles. The molecule has 5 nitrogen and oxygen atoms in total. The number of anilines is 1. The number of carbonyl (C=O) groups is 2. The van der Waals surface area contributed by atoms with E-state index in [0.717, 1.165) is 49.6 Å². The molecule has 3 aromatic carbocycles. The van der Waals surface area contributed by atoms with Gasteiger partial charge in [0.1, 0.15) is 11.2 Å². The minimum Gasteiger partial charge on any atom is -0.456 e. The second-order valence-corrected chi connectivity index (χ2v) is 10.2. The predicted molar refractivity (Wildman–Crippen MR) is 132 cm³/mol. The normalized spacial score (nSPS) is 21.8. The van der Waals surface area contributed by atoms with Gasteiger partial charge >= 0.3 is 0 Å². The lowest BCUT2D eigenvalue weighted by molar-refractivity contribution is -0.122. The largest absolute Gasteiger partial charge is 0.456 e. The van der Waals surface area contributed by atoms with E-state index in [0.29, 0.717) is 19.5 Å². The van der Waals surface area contributed by atoms with Gasteiger partial charge in [0.2, 0.25) is 5.91 Å². The summed E-state index contributed by atoms with van der Waals surface area (Å²) < 4.78 is 6.86. The van der Waals surface area contributed by atoms with Gasteiger partial charge in [-0.1, -0.05) is 34.1 Å². The first kappa shape index (κ1) is 20.5. The second kappa shape index (κ2) is 7.45. The van der Waals surface area contributed by atoms with Crippen molar-refractivity contribution in [3.05, 3.63) is 76.3 Å². The summed E-state index contributed by atoms with van der Waals surface area (Å²) in [6.45, 7) is 3.19. The molecule has 6 heteroatoms. The number of rotatable bonds is 3. The Morgan fingerprint density at radius 1 is 1.06 bits per heavy atom. The minimum atomic E-state index is -0.362. The van der Waals surface area contributed by atoms with Crippen LogP contribution in [0.4, 0.5) is 5.69 Å². The van der Waals surface area contributed by atoms with Crippen LogP contribution in [0, 0.1) is 18.3 Å². The van der Waals surface area contributed by atoms with Gasteiger partial charge in [0.25, 0.3) is 5.91 Å². The van der Waals surface area contributed by atoms with Crippen LogP contribution in [-0.4, -0.2) is 29.8 Å². The number of fused-ring (bicyclic) bond motifs is 4. The molecule has 2 heterocycles. The van der Waals surface area contributed by atoms with Gasteiger partial charge in [0.15, 0.2) is 0 Å². The van der Waals surface area contributed by atoms with Crippen molar-refractivity contribution in [3.63, 3.8) is 0 Å². The Morgan fingerprint density at radius 3 is 2.70 bits per heavy atom. The second-order valence-electron chi connectivity index (χ2n) is 9.28. The van der Waals surface area contributed by atoms with E-state index >= 15 is 0 Å². The van der Waals surface area contributed by atoms with Gasteiger partial charge in [-0.25, -0.2) is 0 Å². The average molecular weight is 503 g/mol. The van der Waals surface area contributed by atoms with Crippen LogP contribution in [0.2, 0.25) is 0 Å². The van der Waals surface area contributed by atoms with Gasteiger partial charge in [0.05, 0.1) is 5.41 Å². The van der Waals surface area contributed by atoms with Crippen molar-refractivity contribution in [1.82, 2.24) is 4.90 Å². The fourth-order valence-corrected chi connectivity index (χ4v) is 5.77. The Hall–Kier alpha value is -3.12. The van der Waals surface area contributed by atoms with Gasteiger partial charge in [-0.05, 0) is 73.7 Å². The Labute approximate surface area is 199 Å². The fourth-order valence-electron chi connectivity index (χ4n) is 5.29. The van der Waals surface area contributed by atoms with Gasteiger partial charge in [-0.3, -0.25) is 9.59 Å². The monoisotopic (exact) mass is 502 g/mol. The van der Waals surface area contributed by atoms with Crippen LogP contribution < -0.4 is 5.32 Å². The first-order chi connectivity index (χ1) is 15.9. The van der Waals surface area contributed by atoms with Crippen LogP contribution in [0.5, 0.6) is 0 Å². The van der Waals surface area contributed by atoms with Crippen molar-refractivity contribution < 1.29 is 14.0 Å². The third-order valence-corrected chi connectivity index (χ3v) is 7.79. The van der Waals surface area contributed by atoms with Crippen molar-refractivity contribution >= 4 is 55.4 Å². The molecule has 6 rings (SSSR count). The van der Waals surface area contributed by atoms with Crippen molar-refractivity contribution in [2.45, 2.75) is 19.8 Å². The molecule has 33 heavy (non-hydrogen) atoms. The molecule has 4 aromatic rings. The maximum absolute atomic E-state index is 13.3. The standard InChI is InChI=1S/C27H23BrN2O3/c1-16-12-18(28)6-8-20(16)25(31)30-11-10-27(14-17(27)15-30)26(32)29-19-7-9-24-22(13-19)21-4-2-3-5-23(21)33-24/h2-9,12-13,17H,10-11,14-15H2,1H3,(H,29,32). The molecule has 1 saturated heterocycles. The maximum Gasteiger partial charge on any atom is 0.254 e. The summed E-state index contributed by atoms with van der Waals surface area (Å²) in [7, 11) is 0. The summed E-state index contributed by atoms with van der Waals surface area (Å²) >= 11 is 3.46. The Kier molecular flexibility index (Phi) is 4.63. The van der Waals surface area contributed by atoms with E-state index in [9.17, 15) is 9.59 Å². The zero-order valence-corrected chi connectivity index (χ0v) is 19.8. The van der Waals surface area contributed by atoms with Crippen LogP contribution in [0.15, 0.2) is 69.6 Å². The molecule has 1 N–H and O–H groups in total. The molecule has 166 valence electrons. The molecular weight excluding hydrogens is 480 g/mol. The molecule has 0 bridgehead atoms. The van der Waals surface area contributed by atoms with E-state index in [1.807, 2.05) is 72.5 Å². The molecule has 1 saturated carbocycles. The maximum atomic E-state index is 13.3. The average Bonchev–Trinajstić information content (AvgIpc) is 3.45. The van der Waals surface area contributed by atoms with Crippen molar-refractivity contribution in [2.24, 2.45) is 11.3 Å². The molecule has 2 fully saturated rings. The highest BCUT2D eigenvalue weighted by Gasteiger charge is 2.62. The molecule has 2 aliphatic rings. The summed E-state index contributed by atoms with van der Waals surface area (Å²) in [5.41, 5.74) is 3.77. The number of piperidine rings is 1. The molecule has 1 aliphatic heterocycles. The van der Waals surface area contributed by atoms with Gasteiger partial charge < -0.3 is 14.6 Å². The summed E-state index contributed by atoms with van der Waals surface area (Å²) in [6.07, 6.45) is 1.53. The molecule has 2 amide bonds. The Bertz CT molecular complexity index is 1440. The first-order valence-electron chi connectivity index (χ1n) is 11.2. The zero-order valence-electron chi connectivity index (χ0n) is 18.2. The van der Waals surface area contributed by atoms with Crippen LogP contribution in [0.3, 0.4) is 0 Å². The minimum absolute atomic E-state index is 0.0539. The van der Waals surface area contributed by atoms with Crippen LogP contribution in [0.1, 0.15) is 28.8 Å². The quantitative estimate of drug-likeness (QED) is 0.365. The lowest BCUT2D eigenvalue weighted by atomic mass is 9.93. The lowest BCUT2D eigenvalue weighted by Gasteiger charge is -2.31. The predicted octanol–water partition coefficient (Wildman–Crippen LogP) is 6.15. The number of furan rings is 1. The van der Waals surface area contributed by atoms with E-state index in [-0.39, 0.29) is 23.1 Å². The van der Waals surface area contributed by atoms with E-state index < -0.39 is 0 Å². The van der Waals surface area contributed by atoms with Crippen molar-refractivity contribution in [1.29, 1.82) is 0 Å². The number of halogens is 1. The van der Waals surface area contributed by atoms with Gasteiger partial charge in [-0.15, -0.1) is 0 Å². The summed E-state index contributed by atoms with van der Waals surface area (Å²) in [5, 5.41) is 5.18. The van der Waals surface area contributed by atoms with Crippen LogP contribution >= 0.6 is 15.9 Å². The smallest absolute Gasteiger partial charge is 0.254 e. The number of likely N-dealkylation sites (tertiary alicyclic amines) is 1. The molecule has 2 atom stereocenters. The summed E-state index contributed by atoms with van der Waals surface area (Å²) in [4.78, 5) is 28.2. The number of nitrogens with zero attached hydrogens (tertiary/aromatic N) is 1. The van der Waals surface area contributed by atoms with Crippen LogP contribution in [0.25, 0.3) is 21.9 Å². The van der Waals surface area contributed by atoms with E-state index in [4.69, 9.17) is 4.42 Å². The highest BCUT2D eigenvalue weighted by Crippen LogP contribution is 2.58. The van der Waals surface area contributed by atoms with Gasteiger partial charge in [0, 0.05) is 39.6 Å². The SMILES string of the molecule is Cc1cc(Br)ccc1C(=O)N1CCC2(C(=O)Nc3ccc4oc5ccccc5c4c3)CC2C1. The Morgan fingerprint density at radius 2 is 1.88 bits per heavy atom. The fraction of sp³-hybridized carbons (Fsp3) is 0.259. The first-order valence-corrected chi connectivity index (χ1v) is 12.0. The Balaban J connectivity index is 1.17. The molecule has 1 aromatic heterocycles. The topological polar surface area (TPSA) is 62.6 Å². The highest BCUT2D eigenvalue weighted by atomic mass is 79.9. The number of carbonyl (C=O) groups excluding carboxylic acids is 2. The highest BCUT2D eigenvalue weighted by molar-refractivity contribution is 9.10. The number of nitrogens with one attached hydrogen (secondary N) is 1. The van der Waals surface area contributed by atoms with E-state index in [1.165, 1.54) is 0 Å². The third-order valence-electron chi connectivity index (χ3n) is 7.29. The number of benzene rings is 3. The lowest BCUT2D eigenvalue weighted by Crippen LogP contribution is -2.42. The van der Waals surface area contributed by atoms with Crippen LogP contribution in [-0.2, 0) is 4.79 Å². The molecule has 0 spiro atoms. The zero-order chi connectivity index (χ0) is 22.7. The van der Waals surface area contributed by atoms with Crippen molar-refractivity contribution in [2.75, 3.05) is 18.4 Å². The van der Waals surface area contributed by atoms with E-state index in [1.54, 1.807) is 0 Å². The number of aryl methyl sites for hydroxylation is 1. The summed E-state index contributed by atoms with van der Waals surface area (Å²) in [5.74, 6) is 0.328. The van der Waals surface area contributed by atoms with Crippen molar-refractivity contribution in [3.8, 4) is 0 Å². The number of amides is 2. The van der Waals surface area contributed by atoms with Gasteiger partial charge in [-0.2, -0.15) is 0 Å². The third kappa shape index (κ3) is 3.35. The molecule has 0 radical (unpaired) electrons. The number of para-hydroxylation sites is 1.